The van der Waals surface area contributed by atoms with Gasteiger partial charge in [0.1, 0.15) is 5.54 Å². The maximum Gasteiger partial charge on any atom is 0.122 e. The second-order valence-electron chi connectivity index (χ2n) is 6.03. The Labute approximate surface area is 122 Å². The average molecular weight is 281 g/mol. The minimum atomic E-state index is -0.392. The quantitative estimate of drug-likeness (QED) is 0.719. The Morgan fingerprint density at radius 1 is 1.25 bits per heavy atom. The zero-order valence-electron chi connectivity index (χ0n) is 12.9. The van der Waals surface area contributed by atoms with Gasteiger partial charge in [0.2, 0.25) is 0 Å². The van der Waals surface area contributed by atoms with Crippen LogP contribution in [0.1, 0.15) is 26.2 Å². The van der Waals surface area contributed by atoms with E-state index in [1.807, 2.05) is 0 Å². The summed E-state index contributed by atoms with van der Waals surface area (Å²) < 4.78 is 11.0. The largest absolute Gasteiger partial charge is 0.377 e. The lowest BCUT2D eigenvalue weighted by Gasteiger charge is -2.32. The van der Waals surface area contributed by atoms with E-state index >= 15 is 0 Å². The summed E-state index contributed by atoms with van der Waals surface area (Å²) in [5.74, 6) is 0.502. The molecule has 0 radical (unpaired) electrons. The van der Waals surface area contributed by atoms with Crippen LogP contribution in [-0.4, -0.2) is 63.0 Å². The molecule has 1 saturated carbocycles. The van der Waals surface area contributed by atoms with E-state index in [0.717, 1.165) is 32.6 Å². The van der Waals surface area contributed by atoms with E-state index in [1.54, 1.807) is 14.2 Å². The summed E-state index contributed by atoms with van der Waals surface area (Å²) in [6, 6.07) is 2.57. The highest BCUT2D eigenvalue weighted by atomic mass is 16.5. The van der Waals surface area contributed by atoms with Crippen LogP contribution in [0.3, 0.4) is 0 Å². The number of nitrogens with zero attached hydrogens (tertiary/aromatic N) is 2. The van der Waals surface area contributed by atoms with Crippen LogP contribution >= 0.6 is 0 Å². The van der Waals surface area contributed by atoms with E-state index in [1.165, 1.54) is 12.8 Å². The SMILES string of the molecule is CCCNC(C#N)(CN1CC(OC)C(OC)C1)C1CC1. The minimum Gasteiger partial charge on any atom is -0.377 e. The molecule has 0 aromatic rings. The van der Waals surface area contributed by atoms with Crippen molar-refractivity contribution in [3.63, 3.8) is 0 Å². The molecule has 1 heterocycles. The molecule has 1 saturated heterocycles. The average Bonchev–Trinajstić information content (AvgIpc) is 3.25. The highest BCUT2D eigenvalue weighted by molar-refractivity contribution is 5.17. The minimum absolute atomic E-state index is 0.113. The third kappa shape index (κ3) is 3.32. The van der Waals surface area contributed by atoms with Crippen LogP contribution in [-0.2, 0) is 9.47 Å². The van der Waals surface area contributed by atoms with Crippen LogP contribution in [0.25, 0.3) is 0 Å². The zero-order valence-corrected chi connectivity index (χ0v) is 12.9. The first-order valence-electron chi connectivity index (χ1n) is 7.63. The second-order valence-corrected chi connectivity index (χ2v) is 6.03. The lowest BCUT2D eigenvalue weighted by molar-refractivity contribution is -0.00461. The van der Waals surface area contributed by atoms with Crippen molar-refractivity contribution in [1.29, 1.82) is 5.26 Å². The van der Waals surface area contributed by atoms with Crippen molar-refractivity contribution in [1.82, 2.24) is 10.2 Å². The summed E-state index contributed by atoms with van der Waals surface area (Å²) in [5.41, 5.74) is -0.392. The molecule has 2 aliphatic rings. The smallest absolute Gasteiger partial charge is 0.122 e. The van der Waals surface area contributed by atoms with Crippen LogP contribution in [0, 0.1) is 17.2 Å². The molecule has 1 aliphatic heterocycles. The monoisotopic (exact) mass is 281 g/mol. The molecule has 5 nitrogen and oxygen atoms in total. The molecule has 0 bridgehead atoms. The van der Waals surface area contributed by atoms with Gasteiger partial charge in [0.25, 0.3) is 0 Å². The van der Waals surface area contributed by atoms with Gasteiger partial charge in [0, 0.05) is 33.9 Å². The first-order valence-corrected chi connectivity index (χ1v) is 7.63. The van der Waals surface area contributed by atoms with Gasteiger partial charge in [0.05, 0.1) is 18.3 Å². The Morgan fingerprint density at radius 2 is 1.85 bits per heavy atom. The summed E-state index contributed by atoms with van der Waals surface area (Å²) in [6.45, 7) is 5.50. The lowest BCUT2D eigenvalue weighted by Crippen LogP contribution is -2.54. The van der Waals surface area contributed by atoms with Gasteiger partial charge in [-0.2, -0.15) is 5.26 Å². The first-order chi connectivity index (χ1) is 9.69. The topological polar surface area (TPSA) is 57.5 Å². The van der Waals surface area contributed by atoms with E-state index in [0.29, 0.717) is 5.92 Å². The van der Waals surface area contributed by atoms with Crippen LogP contribution < -0.4 is 5.32 Å². The summed E-state index contributed by atoms with van der Waals surface area (Å²) >= 11 is 0. The molecule has 0 amide bonds. The van der Waals surface area contributed by atoms with Gasteiger partial charge in [-0.15, -0.1) is 0 Å². The highest BCUT2D eigenvalue weighted by Gasteiger charge is 2.48. The predicted molar refractivity (Wildman–Crippen MR) is 77.4 cm³/mol. The summed E-state index contributed by atoms with van der Waals surface area (Å²) in [5, 5.41) is 13.2. The molecule has 0 aromatic carbocycles. The Kier molecular flexibility index (Phi) is 5.39. The van der Waals surface area contributed by atoms with Crippen molar-refractivity contribution in [3.8, 4) is 6.07 Å². The van der Waals surface area contributed by atoms with Crippen LogP contribution in [0.2, 0.25) is 0 Å². The van der Waals surface area contributed by atoms with Crippen molar-refractivity contribution >= 4 is 0 Å². The summed E-state index contributed by atoms with van der Waals surface area (Å²) in [4.78, 5) is 2.31. The summed E-state index contributed by atoms with van der Waals surface area (Å²) in [6.07, 6.45) is 3.61. The fourth-order valence-corrected chi connectivity index (χ4v) is 3.17. The molecule has 2 fully saturated rings. The number of methoxy groups -OCH3 is 2. The van der Waals surface area contributed by atoms with Crippen LogP contribution in [0.5, 0.6) is 0 Å². The van der Waals surface area contributed by atoms with Gasteiger partial charge < -0.3 is 9.47 Å². The van der Waals surface area contributed by atoms with Gasteiger partial charge in [0.15, 0.2) is 0 Å². The predicted octanol–water partition coefficient (Wildman–Crippen LogP) is 1.00. The molecule has 1 N–H and O–H groups in total. The van der Waals surface area contributed by atoms with Crippen molar-refractivity contribution in [2.45, 2.75) is 43.9 Å². The fourth-order valence-electron chi connectivity index (χ4n) is 3.17. The molecule has 1 aliphatic carbocycles. The molecular formula is C15H27N3O2. The standard InChI is InChI=1S/C15H27N3O2/c1-4-7-17-15(10-16,12-5-6-12)11-18-8-13(19-2)14(9-18)20-3/h12-14,17H,4-9,11H2,1-3H3. The summed E-state index contributed by atoms with van der Waals surface area (Å²) in [7, 11) is 3.46. The van der Waals surface area contributed by atoms with Gasteiger partial charge >= 0.3 is 0 Å². The Hall–Kier alpha value is -0.670. The van der Waals surface area contributed by atoms with E-state index < -0.39 is 5.54 Å². The van der Waals surface area contributed by atoms with Gasteiger partial charge in [-0.1, -0.05) is 6.92 Å². The van der Waals surface area contributed by atoms with E-state index in [-0.39, 0.29) is 12.2 Å². The normalized spacial score (nSPS) is 30.1. The van der Waals surface area contributed by atoms with Crippen molar-refractivity contribution in [2.24, 2.45) is 5.92 Å². The van der Waals surface area contributed by atoms with Crippen molar-refractivity contribution < 1.29 is 9.47 Å². The lowest BCUT2D eigenvalue weighted by atomic mass is 9.94. The molecule has 0 spiro atoms. The number of ether oxygens (including phenoxy) is 2. The Bertz CT molecular complexity index is 342. The van der Waals surface area contributed by atoms with E-state index in [2.05, 4.69) is 23.2 Å². The molecule has 114 valence electrons. The van der Waals surface area contributed by atoms with E-state index in [4.69, 9.17) is 9.47 Å². The Morgan fingerprint density at radius 3 is 2.25 bits per heavy atom. The number of nitriles is 1. The maximum absolute atomic E-state index is 9.72. The molecule has 3 unspecified atom stereocenters. The van der Waals surface area contributed by atoms with Crippen molar-refractivity contribution in [3.05, 3.63) is 0 Å². The molecular weight excluding hydrogens is 254 g/mol. The molecule has 3 atom stereocenters. The molecule has 5 heteroatoms. The maximum atomic E-state index is 9.72. The zero-order chi connectivity index (χ0) is 14.6. The number of rotatable bonds is 8. The third-order valence-corrected chi connectivity index (χ3v) is 4.53. The molecule has 0 aromatic heterocycles. The number of hydrogen-bond acceptors (Lipinski definition) is 5. The van der Waals surface area contributed by atoms with Crippen molar-refractivity contribution in [2.75, 3.05) is 40.4 Å². The number of likely N-dealkylation sites (tertiary alicyclic amines) is 1. The number of hydrogen-bond donors (Lipinski definition) is 1. The van der Waals surface area contributed by atoms with Crippen LogP contribution in [0.4, 0.5) is 0 Å². The van der Waals surface area contributed by atoms with Gasteiger partial charge in [-0.05, 0) is 31.7 Å². The second kappa shape index (κ2) is 6.86. The Balaban J connectivity index is 2.00. The van der Waals surface area contributed by atoms with Gasteiger partial charge in [-0.25, -0.2) is 0 Å². The van der Waals surface area contributed by atoms with E-state index in [9.17, 15) is 5.26 Å². The van der Waals surface area contributed by atoms with Gasteiger partial charge in [-0.3, -0.25) is 10.2 Å². The van der Waals surface area contributed by atoms with Crippen LogP contribution in [0.15, 0.2) is 0 Å². The number of nitrogens with one attached hydrogen (secondary N) is 1. The highest BCUT2D eigenvalue weighted by Crippen LogP contribution is 2.40. The molecule has 20 heavy (non-hydrogen) atoms. The first kappa shape index (κ1) is 15.7. The third-order valence-electron chi connectivity index (χ3n) is 4.53. The fraction of sp³-hybridized carbons (Fsp3) is 0.933. The molecule has 2 rings (SSSR count).